The second kappa shape index (κ2) is 11.0. The molecular formula is C22H25BrCl2N2O3. The number of hydrogen-bond acceptors (Lipinski definition) is 3. The molecule has 0 heterocycles. The van der Waals surface area contributed by atoms with Gasteiger partial charge in [0.2, 0.25) is 5.91 Å². The first-order valence-corrected chi connectivity index (χ1v) is 11.1. The first-order valence-electron chi connectivity index (χ1n) is 9.55. The standard InChI is InChI=1S/C22H25BrCl2N2O3/c1-5-26-22(29)15(4)27(11-17-18(24)7-6-8-19(17)25)20(28)12-30-16-9-13(2)21(23)14(3)10-16/h6-10,15H,5,11-12H2,1-4H3,(H,26,29). The SMILES string of the molecule is CCNC(=O)C(C)N(Cc1c(Cl)cccc1Cl)C(=O)COc1cc(C)c(Br)c(C)c1. The van der Waals surface area contributed by atoms with Crippen LogP contribution >= 0.6 is 39.1 Å². The quantitative estimate of drug-likeness (QED) is 0.518. The minimum absolute atomic E-state index is 0.0946. The summed E-state index contributed by atoms with van der Waals surface area (Å²) in [7, 11) is 0. The normalized spacial score (nSPS) is 11.7. The van der Waals surface area contributed by atoms with Crippen LogP contribution in [-0.2, 0) is 16.1 Å². The first-order chi connectivity index (χ1) is 14.1. The molecule has 2 aromatic carbocycles. The lowest BCUT2D eigenvalue weighted by Gasteiger charge is -2.29. The number of likely N-dealkylation sites (N-methyl/N-ethyl adjacent to an activating group) is 1. The van der Waals surface area contributed by atoms with Crippen LogP contribution in [0.2, 0.25) is 10.0 Å². The number of ether oxygens (including phenoxy) is 1. The Morgan fingerprint density at radius 2 is 1.73 bits per heavy atom. The molecule has 0 fully saturated rings. The molecule has 30 heavy (non-hydrogen) atoms. The second-order valence-corrected chi connectivity index (χ2v) is 8.56. The van der Waals surface area contributed by atoms with Crippen molar-refractivity contribution in [2.75, 3.05) is 13.2 Å². The van der Waals surface area contributed by atoms with Gasteiger partial charge in [0.25, 0.3) is 5.91 Å². The zero-order valence-corrected chi connectivity index (χ0v) is 20.5. The highest BCUT2D eigenvalue weighted by Gasteiger charge is 2.27. The third-order valence-electron chi connectivity index (χ3n) is 4.68. The molecular weight excluding hydrogens is 491 g/mol. The van der Waals surface area contributed by atoms with E-state index >= 15 is 0 Å². The summed E-state index contributed by atoms with van der Waals surface area (Å²) in [6.07, 6.45) is 0. The van der Waals surface area contributed by atoms with E-state index in [9.17, 15) is 9.59 Å². The maximum Gasteiger partial charge on any atom is 0.261 e. The van der Waals surface area contributed by atoms with Gasteiger partial charge in [-0.25, -0.2) is 0 Å². The lowest BCUT2D eigenvalue weighted by molar-refractivity contribution is -0.142. The topological polar surface area (TPSA) is 58.6 Å². The molecule has 0 aliphatic heterocycles. The number of nitrogens with zero attached hydrogens (tertiary/aromatic N) is 1. The predicted octanol–water partition coefficient (Wildman–Crippen LogP) is 5.30. The van der Waals surface area contributed by atoms with Crippen molar-refractivity contribution in [1.82, 2.24) is 10.2 Å². The Labute approximate surface area is 195 Å². The number of benzene rings is 2. The fraction of sp³-hybridized carbons (Fsp3) is 0.364. The van der Waals surface area contributed by atoms with Gasteiger partial charge in [-0.05, 0) is 63.1 Å². The van der Waals surface area contributed by atoms with Gasteiger partial charge in [-0.15, -0.1) is 0 Å². The molecule has 2 rings (SSSR count). The van der Waals surface area contributed by atoms with Gasteiger partial charge in [0.1, 0.15) is 11.8 Å². The van der Waals surface area contributed by atoms with Crippen molar-refractivity contribution in [3.05, 3.63) is 61.5 Å². The molecule has 1 unspecified atom stereocenters. The predicted molar refractivity (Wildman–Crippen MR) is 124 cm³/mol. The zero-order valence-electron chi connectivity index (χ0n) is 17.4. The molecule has 0 saturated carbocycles. The Hall–Kier alpha value is -1.76. The number of amides is 2. The Morgan fingerprint density at radius 1 is 1.17 bits per heavy atom. The van der Waals surface area contributed by atoms with Crippen LogP contribution in [-0.4, -0.2) is 35.9 Å². The van der Waals surface area contributed by atoms with Crippen LogP contribution in [0.1, 0.15) is 30.5 Å². The number of aryl methyl sites for hydroxylation is 2. The molecule has 162 valence electrons. The fourth-order valence-corrected chi connectivity index (χ4v) is 3.72. The van der Waals surface area contributed by atoms with Gasteiger partial charge in [-0.3, -0.25) is 9.59 Å². The first kappa shape index (κ1) is 24.5. The van der Waals surface area contributed by atoms with Crippen LogP contribution in [0, 0.1) is 13.8 Å². The van der Waals surface area contributed by atoms with Crippen molar-refractivity contribution in [1.29, 1.82) is 0 Å². The van der Waals surface area contributed by atoms with E-state index in [-0.39, 0.29) is 25.0 Å². The van der Waals surface area contributed by atoms with Gasteiger partial charge in [-0.2, -0.15) is 0 Å². The van der Waals surface area contributed by atoms with E-state index in [2.05, 4.69) is 21.2 Å². The number of carbonyl (C=O) groups excluding carboxylic acids is 2. The van der Waals surface area contributed by atoms with Crippen LogP contribution in [0.5, 0.6) is 5.75 Å². The lowest BCUT2D eigenvalue weighted by atomic mass is 10.1. The summed E-state index contributed by atoms with van der Waals surface area (Å²) in [5.74, 6) is -0.0183. The van der Waals surface area contributed by atoms with Gasteiger partial charge >= 0.3 is 0 Å². The molecule has 8 heteroatoms. The monoisotopic (exact) mass is 514 g/mol. The van der Waals surface area contributed by atoms with Crippen molar-refractivity contribution in [3.8, 4) is 5.75 Å². The molecule has 0 spiro atoms. The van der Waals surface area contributed by atoms with E-state index in [0.717, 1.165) is 15.6 Å². The molecule has 0 aromatic heterocycles. The van der Waals surface area contributed by atoms with Crippen LogP contribution in [0.15, 0.2) is 34.8 Å². The highest BCUT2D eigenvalue weighted by Crippen LogP contribution is 2.28. The largest absolute Gasteiger partial charge is 0.484 e. The molecule has 0 bridgehead atoms. The summed E-state index contributed by atoms with van der Waals surface area (Å²) in [4.78, 5) is 26.9. The Balaban J connectivity index is 2.24. The summed E-state index contributed by atoms with van der Waals surface area (Å²) < 4.78 is 6.74. The molecule has 0 radical (unpaired) electrons. The molecule has 1 atom stereocenters. The van der Waals surface area contributed by atoms with Gasteiger partial charge in [0, 0.05) is 33.2 Å². The van der Waals surface area contributed by atoms with E-state index in [4.69, 9.17) is 27.9 Å². The zero-order chi connectivity index (χ0) is 22.4. The molecule has 2 aromatic rings. The van der Waals surface area contributed by atoms with Gasteiger partial charge in [0.15, 0.2) is 6.61 Å². The third-order valence-corrected chi connectivity index (χ3v) is 6.64. The van der Waals surface area contributed by atoms with Gasteiger partial charge in [0.05, 0.1) is 0 Å². The Kier molecular flexibility index (Phi) is 9.01. The highest BCUT2D eigenvalue weighted by molar-refractivity contribution is 9.10. The number of rotatable bonds is 8. The number of hydrogen-bond donors (Lipinski definition) is 1. The molecule has 2 amide bonds. The van der Waals surface area contributed by atoms with Gasteiger partial charge < -0.3 is 15.0 Å². The molecule has 5 nitrogen and oxygen atoms in total. The van der Waals surface area contributed by atoms with Crippen molar-refractivity contribution < 1.29 is 14.3 Å². The van der Waals surface area contributed by atoms with Crippen molar-refractivity contribution in [2.24, 2.45) is 0 Å². The molecule has 0 aliphatic rings. The van der Waals surface area contributed by atoms with Crippen LogP contribution in [0.25, 0.3) is 0 Å². The Morgan fingerprint density at radius 3 is 2.27 bits per heavy atom. The minimum atomic E-state index is -0.721. The smallest absolute Gasteiger partial charge is 0.261 e. The number of halogens is 3. The maximum atomic E-state index is 13.1. The number of nitrogens with one attached hydrogen (secondary N) is 1. The minimum Gasteiger partial charge on any atom is -0.484 e. The van der Waals surface area contributed by atoms with Crippen LogP contribution < -0.4 is 10.1 Å². The summed E-state index contributed by atoms with van der Waals surface area (Å²) >= 11 is 16.1. The van der Waals surface area contributed by atoms with Gasteiger partial charge in [-0.1, -0.05) is 45.2 Å². The number of carbonyl (C=O) groups is 2. The average Bonchev–Trinajstić information content (AvgIpc) is 2.69. The van der Waals surface area contributed by atoms with Crippen molar-refractivity contribution in [2.45, 2.75) is 40.3 Å². The van der Waals surface area contributed by atoms with E-state index in [0.29, 0.717) is 27.9 Å². The van der Waals surface area contributed by atoms with Crippen molar-refractivity contribution >= 4 is 50.9 Å². The van der Waals surface area contributed by atoms with E-state index in [1.54, 1.807) is 25.1 Å². The molecule has 0 aliphatic carbocycles. The van der Waals surface area contributed by atoms with Crippen LogP contribution in [0.3, 0.4) is 0 Å². The second-order valence-electron chi connectivity index (χ2n) is 6.95. The van der Waals surface area contributed by atoms with E-state index < -0.39 is 6.04 Å². The lowest BCUT2D eigenvalue weighted by Crippen LogP contribution is -2.49. The van der Waals surface area contributed by atoms with E-state index in [1.165, 1.54) is 4.90 Å². The highest BCUT2D eigenvalue weighted by atomic mass is 79.9. The average molecular weight is 516 g/mol. The summed E-state index contributed by atoms with van der Waals surface area (Å²) in [5.41, 5.74) is 2.60. The molecule has 1 N–H and O–H groups in total. The van der Waals surface area contributed by atoms with Crippen LogP contribution in [0.4, 0.5) is 0 Å². The molecule has 0 saturated heterocycles. The van der Waals surface area contributed by atoms with Crippen molar-refractivity contribution in [3.63, 3.8) is 0 Å². The summed E-state index contributed by atoms with van der Waals surface area (Å²) in [5, 5.41) is 3.61. The fourth-order valence-electron chi connectivity index (χ4n) is 2.98. The summed E-state index contributed by atoms with van der Waals surface area (Å²) in [6.45, 7) is 7.74. The third kappa shape index (κ3) is 6.13. The van der Waals surface area contributed by atoms with E-state index in [1.807, 2.05) is 32.9 Å². The Bertz CT molecular complexity index is 893. The maximum absolute atomic E-state index is 13.1. The summed E-state index contributed by atoms with van der Waals surface area (Å²) in [6, 6.07) is 8.12.